The van der Waals surface area contributed by atoms with Crippen molar-refractivity contribution in [3.8, 4) is 11.4 Å². The molecule has 2 heterocycles. The molecule has 4 nitrogen and oxygen atoms in total. The topological polar surface area (TPSA) is 30.2 Å². The summed E-state index contributed by atoms with van der Waals surface area (Å²) < 4.78 is 4.82. The second-order valence-corrected chi connectivity index (χ2v) is 21.7. The fourth-order valence-corrected chi connectivity index (χ4v) is 9.12. The highest BCUT2D eigenvalue weighted by molar-refractivity contribution is 6.11. The summed E-state index contributed by atoms with van der Waals surface area (Å²) >= 11 is 0. The lowest BCUT2D eigenvalue weighted by molar-refractivity contribution is 0.112. The van der Waals surface area contributed by atoms with Crippen LogP contribution in [0.4, 0.5) is 17.1 Å². The molecule has 2 aromatic heterocycles. The number of carbonyl (C=O) groups excluding carboxylic acids is 1. The first-order chi connectivity index (χ1) is 29.7. The Morgan fingerprint density at radius 1 is 0.349 bits per heavy atom. The van der Waals surface area contributed by atoms with Crippen molar-refractivity contribution in [1.82, 2.24) is 9.13 Å². The summed E-state index contributed by atoms with van der Waals surface area (Å²) in [6.45, 7) is 27.4. The number of fused-ring (bicyclic) bond motifs is 6. The number of hydrogen-bond acceptors (Lipinski definition) is 2. The molecule has 0 aliphatic heterocycles. The van der Waals surface area contributed by atoms with Crippen LogP contribution in [0.2, 0.25) is 0 Å². The molecule has 0 spiro atoms. The third-order valence-corrected chi connectivity index (χ3v) is 13.0. The number of aromatic nitrogens is 2. The fraction of sp³-hybridized carbons (Fsp3) is 0.271. The molecule has 0 saturated heterocycles. The molecular formula is C59H61N3O. The van der Waals surface area contributed by atoms with Gasteiger partial charge in [0.25, 0.3) is 0 Å². The summed E-state index contributed by atoms with van der Waals surface area (Å²) in [4.78, 5) is 14.0. The minimum absolute atomic E-state index is 0.0350. The summed E-state index contributed by atoms with van der Waals surface area (Å²) in [5, 5.41) is 5.10. The van der Waals surface area contributed by atoms with Crippen molar-refractivity contribution in [2.45, 2.75) is 105 Å². The maximum absolute atomic E-state index is 11.8. The average molecular weight is 828 g/mol. The summed E-state index contributed by atoms with van der Waals surface area (Å²) in [6, 6.07) is 53.6. The number of rotatable bonds is 6. The van der Waals surface area contributed by atoms with Gasteiger partial charge in [-0.3, -0.25) is 4.79 Å². The highest BCUT2D eigenvalue weighted by atomic mass is 16.1. The average Bonchev–Trinajstić information content (AvgIpc) is 3.75. The number of anilines is 3. The summed E-state index contributed by atoms with van der Waals surface area (Å²) in [6.07, 6.45) is 0.902. The minimum Gasteiger partial charge on any atom is -0.311 e. The monoisotopic (exact) mass is 827 g/mol. The predicted octanol–water partition coefficient (Wildman–Crippen LogP) is 16.4. The quantitative estimate of drug-likeness (QED) is 0.156. The van der Waals surface area contributed by atoms with Crippen LogP contribution in [0.5, 0.6) is 0 Å². The van der Waals surface area contributed by atoms with Gasteiger partial charge in [0.05, 0.1) is 22.1 Å². The second kappa shape index (κ2) is 14.9. The van der Waals surface area contributed by atoms with E-state index >= 15 is 0 Å². The lowest BCUT2D eigenvalue weighted by Crippen LogP contribution is -2.11. The van der Waals surface area contributed by atoms with E-state index in [0.717, 1.165) is 34.7 Å². The Morgan fingerprint density at radius 3 is 0.841 bits per heavy atom. The predicted molar refractivity (Wildman–Crippen MR) is 270 cm³/mol. The lowest BCUT2D eigenvalue weighted by atomic mass is 9.85. The molecule has 9 aromatic rings. The summed E-state index contributed by atoms with van der Waals surface area (Å²) in [7, 11) is 0. The van der Waals surface area contributed by atoms with Crippen LogP contribution < -0.4 is 4.90 Å². The Hall–Kier alpha value is -6.39. The Bertz CT molecular complexity index is 2850. The molecule has 0 radical (unpaired) electrons. The number of benzene rings is 7. The van der Waals surface area contributed by atoms with Crippen molar-refractivity contribution in [3.05, 3.63) is 173 Å². The molecule has 9 rings (SSSR count). The summed E-state index contributed by atoms with van der Waals surface area (Å²) in [5.74, 6) is 0. The molecule has 0 fully saturated rings. The minimum atomic E-state index is 0.0350. The zero-order chi connectivity index (χ0) is 44.8. The number of nitrogens with zero attached hydrogens (tertiary/aromatic N) is 3. The SMILES string of the molecule is CC(C)(C)c1ccc2c(c1)c1cc(C(C)(C)C)ccc1n2-c1ccc(N(c2ccc(C=O)cc2)c2ccc(-n3c4ccc(C(C)(C)C)cc4c4cc(C(C)(C)C)ccc43)cc2)cc1. The maximum atomic E-state index is 11.8. The maximum Gasteiger partial charge on any atom is 0.150 e. The molecule has 0 amide bonds. The third kappa shape index (κ3) is 7.54. The zero-order valence-electron chi connectivity index (χ0n) is 39.2. The van der Waals surface area contributed by atoms with Gasteiger partial charge in [0.1, 0.15) is 6.29 Å². The Labute approximate surface area is 373 Å². The zero-order valence-corrected chi connectivity index (χ0v) is 39.2. The van der Waals surface area contributed by atoms with E-state index in [1.807, 2.05) is 24.3 Å². The van der Waals surface area contributed by atoms with E-state index in [4.69, 9.17) is 0 Å². The smallest absolute Gasteiger partial charge is 0.150 e. The van der Waals surface area contributed by atoms with E-state index < -0.39 is 0 Å². The van der Waals surface area contributed by atoms with Crippen molar-refractivity contribution in [2.75, 3.05) is 4.90 Å². The van der Waals surface area contributed by atoms with Gasteiger partial charge in [-0.2, -0.15) is 0 Å². The van der Waals surface area contributed by atoms with Gasteiger partial charge < -0.3 is 14.0 Å². The normalized spacial score (nSPS) is 12.8. The summed E-state index contributed by atoms with van der Waals surface area (Å²) in [5.41, 5.74) is 16.1. The molecule has 0 aliphatic rings. The molecular weight excluding hydrogens is 767 g/mol. The van der Waals surface area contributed by atoms with Crippen LogP contribution in [0.25, 0.3) is 55.0 Å². The number of hydrogen-bond donors (Lipinski definition) is 0. The van der Waals surface area contributed by atoms with Crippen LogP contribution in [0.15, 0.2) is 146 Å². The van der Waals surface area contributed by atoms with E-state index in [0.29, 0.717) is 5.56 Å². The van der Waals surface area contributed by atoms with E-state index in [1.165, 1.54) is 65.9 Å². The number of aldehydes is 1. The van der Waals surface area contributed by atoms with Crippen molar-refractivity contribution < 1.29 is 4.79 Å². The van der Waals surface area contributed by atoms with E-state index in [2.05, 4.69) is 218 Å². The van der Waals surface area contributed by atoms with Crippen molar-refractivity contribution in [1.29, 1.82) is 0 Å². The third-order valence-electron chi connectivity index (χ3n) is 13.0. The first-order valence-electron chi connectivity index (χ1n) is 22.5. The molecule has 318 valence electrons. The van der Waals surface area contributed by atoms with Gasteiger partial charge in [0.2, 0.25) is 0 Å². The molecule has 0 unspecified atom stereocenters. The molecule has 0 aliphatic carbocycles. The molecule has 0 bridgehead atoms. The van der Waals surface area contributed by atoms with Gasteiger partial charge in [0.15, 0.2) is 0 Å². The van der Waals surface area contributed by atoms with Gasteiger partial charge in [-0.05, 0) is 165 Å². The Balaban J connectivity index is 1.16. The van der Waals surface area contributed by atoms with Crippen LogP contribution in [0.3, 0.4) is 0 Å². The molecule has 63 heavy (non-hydrogen) atoms. The molecule has 0 N–H and O–H groups in total. The van der Waals surface area contributed by atoms with Gasteiger partial charge >= 0.3 is 0 Å². The highest BCUT2D eigenvalue weighted by Gasteiger charge is 2.24. The molecule has 0 atom stereocenters. The van der Waals surface area contributed by atoms with Crippen molar-refractivity contribution in [3.63, 3.8) is 0 Å². The molecule has 0 saturated carbocycles. The van der Waals surface area contributed by atoms with Gasteiger partial charge in [-0.15, -0.1) is 0 Å². The van der Waals surface area contributed by atoms with Crippen molar-refractivity contribution in [2.24, 2.45) is 0 Å². The second-order valence-electron chi connectivity index (χ2n) is 21.7. The van der Waals surface area contributed by atoms with Crippen LogP contribution in [-0.2, 0) is 21.7 Å². The standard InChI is InChI=1S/C59H61N3O/c1-56(2,3)39-15-29-52-48(33-39)49-34-40(57(4,5)6)16-30-53(49)61(52)46-25-21-44(22-26-46)60(43-19-13-38(37-63)14-20-43)45-23-27-47(28-24-45)62-54-31-17-41(58(7,8)9)35-50(54)51-36-42(59(10,11)12)18-32-55(51)62/h13-37H,1-12H3. The highest BCUT2D eigenvalue weighted by Crippen LogP contribution is 2.42. The lowest BCUT2D eigenvalue weighted by Gasteiger charge is -2.26. The molecule has 4 heteroatoms. The first kappa shape index (κ1) is 41.9. The van der Waals surface area contributed by atoms with Gasteiger partial charge in [0, 0.05) is 55.5 Å². The Morgan fingerprint density at radius 2 is 0.603 bits per heavy atom. The van der Waals surface area contributed by atoms with E-state index in [-0.39, 0.29) is 21.7 Å². The van der Waals surface area contributed by atoms with Gasteiger partial charge in [-0.25, -0.2) is 0 Å². The van der Waals surface area contributed by atoms with Crippen LogP contribution in [-0.4, -0.2) is 15.4 Å². The van der Waals surface area contributed by atoms with E-state index in [9.17, 15) is 4.79 Å². The first-order valence-corrected chi connectivity index (χ1v) is 22.5. The van der Waals surface area contributed by atoms with E-state index in [1.54, 1.807) is 0 Å². The van der Waals surface area contributed by atoms with Crippen LogP contribution >= 0.6 is 0 Å². The largest absolute Gasteiger partial charge is 0.311 e. The van der Waals surface area contributed by atoms with Gasteiger partial charge in [-0.1, -0.05) is 107 Å². The van der Waals surface area contributed by atoms with Crippen LogP contribution in [0.1, 0.15) is 116 Å². The van der Waals surface area contributed by atoms with Crippen LogP contribution in [0, 0.1) is 0 Å². The Kier molecular flexibility index (Phi) is 9.90. The fourth-order valence-electron chi connectivity index (χ4n) is 9.12. The van der Waals surface area contributed by atoms with Crippen molar-refractivity contribution >= 4 is 67.0 Å². The molecule has 7 aromatic carbocycles. The number of carbonyl (C=O) groups is 1.